The highest BCUT2D eigenvalue weighted by atomic mass is 16.2. The van der Waals surface area contributed by atoms with E-state index in [0.717, 1.165) is 68.9 Å². The standard InChI is InChI=1S/C20H33N5O/c1-3-21-18-15-16(2)22-20(23-18)25-13-11-24(12-14-25)19(26)10-9-17-7-5-4-6-8-17/h15,17H,3-14H2,1-2H3,(H,21,22,23). The Morgan fingerprint density at radius 3 is 2.58 bits per heavy atom. The number of carbonyl (C=O) groups excluding carboxylic acids is 1. The van der Waals surface area contributed by atoms with Crippen LogP contribution in [-0.4, -0.2) is 53.5 Å². The SMILES string of the molecule is CCNc1cc(C)nc(N2CCN(C(=O)CCC3CCCCC3)CC2)n1. The quantitative estimate of drug-likeness (QED) is 0.845. The van der Waals surface area contributed by atoms with E-state index in [4.69, 9.17) is 0 Å². The van der Waals surface area contributed by atoms with Gasteiger partial charge in [-0.1, -0.05) is 32.1 Å². The van der Waals surface area contributed by atoms with Crippen LogP contribution in [0.3, 0.4) is 0 Å². The first-order valence-corrected chi connectivity index (χ1v) is 10.3. The van der Waals surface area contributed by atoms with Crippen molar-refractivity contribution in [3.8, 4) is 0 Å². The van der Waals surface area contributed by atoms with Crippen molar-refractivity contribution in [3.63, 3.8) is 0 Å². The van der Waals surface area contributed by atoms with Crippen LogP contribution in [0.4, 0.5) is 11.8 Å². The van der Waals surface area contributed by atoms with Gasteiger partial charge in [-0.2, -0.15) is 4.98 Å². The van der Waals surface area contributed by atoms with Gasteiger partial charge in [0.1, 0.15) is 5.82 Å². The first kappa shape index (κ1) is 18.9. The molecule has 1 aliphatic heterocycles. The Balaban J connectivity index is 1.48. The van der Waals surface area contributed by atoms with E-state index in [-0.39, 0.29) is 0 Å². The molecule has 26 heavy (non-hydrogen) atoms. The lowest BCUT2D eigenvalue weighted by atomic mass is 9.86. The third kappa shape index (κ3) is 5.08. The number of carbonyl (C=O) groups is 1. The number of aryl methyl sites for hydroxylation is 1. The van der Waals surface area contributed by atoms with Crippen molar-refractivity contribution < 1.29 is 4.79 Å². The second-order valence-corrected chi connectivity index (χ2v) is 7.64. The predicted molar refractivity (Wildman–Crippen MR) is 106 cm³/mol. The molecule has 3 rings (SSSR count). The molecule has 1 aromatic heterocycles. The van der Waals surface area contributed by atoms with Gasteiger partial charge in [-0.25, -0.2) is 4.98 Å². The van der Waals surface area contributed by atoms with Gasteiger partial charge in [0.2, 0.25) is 11.9 Å². The van der Waals surface area contributed by atoms with Crippen LogP contribution >= 0.6 is 0 Å². The van der Waals surface area contributed by atoms with E-state index in [9.17, 15) is 4.79 Å². The highest BCUT2D eigenvalue weighted by Gasteiger charge is 2.24. The molecule has 144 valence electrons. The minimum absolute atomic E-state index is 0.328. The van der Waals surface area contributed by atoms with Crippen molar-refractivity contribution in [2.45, 2.75) is 58.8 Å². The summed E-state index contributed by atoms with van der Waals surface area (Å²) in [6, 6.07) is 1.97. The number of anilines is 2. The van der Waals surface area contributed by atoms with Gasteiger partial charge in [-0.05, 0) is 26.2 Å². The summed E-state index contributed by atoms with van der Waals surface area (Å²) in [6.45, 7) is 8.08. The predicted octanol–water partition coefficient (Wildman–Crippen LogP) is 3.23. The molecule has 0 atom stereocenters. The molecule has 1 amide bonds. The number of piperazine rings is 1. The first-order chi connectivity index (χ1) is 12.7. The Kier molecular flexibility index (Phi) is 6.69. The number of amides is 1. The van der Waals surface area contributed by atoms with Crippen LogP contribution in [0.2, 0.25) is 0 Å². The fourth-order valence-corrected chi connectivity index (χ4v) is 4.08. The van der Waals surface area contributed by atoms with Gasteiger partial charge in [-0.3, -0.25) is 4.79 Å². The lowest BCUT2D eigenvalue weighted by Gasteiger charge is -2.35. The highest BCUT2D eigenvalue weighted by Crippen LogP contribution is 2.27. The number of aromatic nitrogens is 2. The van der Waals surface area contributed by atoms with E-state index in [1.165, 1.54) is 32.1 Å². The summed E-state index contributed by atoms with van der Waals surface area (Å²) in [5.41, 5.74) is 0.969. The summed E-state index contributed by atoms with van der Waals surface area (Å²) in [6.07, 6.45) is 8.51. The minimum Gasteiger partial charge on any atom is -0.370 e. The monoisotopic (exact) mass is 359 g/mol. The van der Waals surface area contributed by atoms with E-state index in [1.54, 1.807) is 0 Å². The molecule has 2 heterocycles. The molecular formula is C20H33N5O. The van der Waals surface area contributed by atoms with Crippen molar-refractivity contribution in [2.75, 3.05) is 42.9 Å². The summed E-state index contributed by atoms with van der Waals surface area (Å²) in [5, 5.41) is 3.26. The number of hydrogen-bond acceptors (Lipinski definition) is 5. The molecular weight excluding hydrogens is 326 g/mol. The van der Waals surface area contributed by atoms with Gasteiger partial charge in [-0.15, -0.1) is 0 Å². The first-order valence-electron chi connectivity index (χ1n) is 10.3. The second kappa shape index (κ2) is 9.19. The topological polar surface area (TPSA) is 61.4 Å². The lowest BCUT2D eigenvalue weighted by molar-refractivity contribution is -0.131. The van der Waals surface area contributed by atoms with Crippen LogP contribution in [0.25, 0.3) is 0 Å². The fourth-order valence-electron chi connectivity index (χ4n) is 4.08. The maximum Gasteiger partial charge on any atom is 0.227 e. The number of rotatable bonds is 6. The highest BCUT2D eigenvalue weighted by molar-refractivity contribution is 5.76. The Bertz CT molecular complexity index is 592. The maximum atomic E-state index is 12.5. The third-order valence-corrected chi connectivity index (χ3v) is 5.61. The van der Waals surface area contributed by atoms with E-state index in [1.807, 2.05) is 17.9 Å². The van der Waals surface area contributed by atoms with Gasteiger partial charge in [0.15, 0.2) is 0 Å². The van der Waals surface area contributed by atoms with Crippen molar-refractivity contribution in [3.05, 3.63) is 11.8 Å². The summed E-state index contributed by atoms with van der Waals surface area (Å²) in [7, 11) is 0. The van der Waals surface area contributed by atoms with Gasteiger partial charge in [0.25, 0.3) is 0 Å². The van der Waals surface area contributed by atoms with Crippen molar-refractivity contribution >= 4 is 17.7 Å². The summed E-state index contributed by atoms with van der Waals surface area (Å²) in [5.74, 6) is 2.75. The van der Waals surface area contributed by atoms with Crippen LogP contribution in [0.1, 0.15) is 57.6 Å². The smallest absolute Gasteiger partial charge is 0.227 e. The maximum absolute atomic E-state index is 12.5. The Morgan fingerprint density at radius 2 is 1.88 bits per heavy atom. The molecule has 0 unspecified atom stereocenters. The summed E-state index contributed by atoms with van der Waals surface area (Å²) < 4.78 is 0. The molecule has 1 saturated heterocycles. The molecule has 1 aromatic rings. The lowest BCUT2D eigenvalue weighted by Crippen LogP contribution is -2.49. The largest absolute Gasteiger partial charge is 0.370 e. The van der Waals surface area contributed by atoms with Crippen LogP contribution in [0.15, 0.2) is 6.07 Å². The van der Waals surface area contributed by atoms with Gasteiger partial charge >= 0.3 is 0 Å². The van der Waals surface area contributed by atoms with Crippen LogP contribution in [-0.2, 0) is 4.79 Å². The zero-order chi connectivity index (χ0) is 18.4. The molecule has 1 aliphatic carbocycles. The van der Waals surface area contributed by atoms with Crippen LogP contribution < -0.4 is 10.2 Å². The number of nitrogens with one attached hydrogen (secondary N) is 1. The van der Waals surface area contributed by atoms with E-state index >= 15 is 0 Å². The Hall–Kier alpha value is -1.85. The van der Waals surface area contributed by atoms with Crippen molar-refractivity contribution in [1.82, 2.24) is 14.9 Å². The Labute approximate surface area is 157 Å². The normalized spacial score (nSPS) is 18.8. The van der Waals surface area contributed by atoms with Gasteiger partial charge < -0.3 is 15.1 Å². The Morgan fingerprint density at radius 1 is 1.15 bits per heavy atom. The molecule has 2 fully saturated rings. The molecule has 1 saturated carbocycles. The number of nitrogens with zero attached hydrogens (tertiary/aromatic N) is 4. The van der Waals surface area contributed by atoms with Gasteiger partial charge in [0, 0.05) is 50.9 Å². The zero-order valence-corrected chi connectivity index (χ0v) is 16.3. The molecule has 0 radical (unpaired) electrons. The minimum atomic E-state index is 0.328. The number of hydrogen-bond donors (Lipinski definition) is 1. The molecule has 2 aliphatic rings. The molecule has 6 heteroatoms. The zero-order valence-electron chi connectivity index (χ0n) is 16.3. The third-order valence-electron chi connectivity index (χ3n) is 5.61. The summed E-state index contributed by atoms with van der Waals surface area (Å²) >= 11 is 0. The van der Waals surface area contributed by atoms with Gasteiger partial charge in [0.05, 0.1) is 0 Å². The second-order valence-electron chi connectivity index (χ2n) is 7.64. The average Bonchev–Trinajstić information content (AvgIpc) is 2.67. The molecule has 6 nitrogen and oxygen atoms in total. The van der Waals surface area contributed by atoms with E-state index in [0.29, 0.717) is 5.91 Å². The fraction of sp³-hybridized carbons (Fsp3) is 0.750. The molecule has 0 bridgehead atoms. The molecule has 1 N–H and O–H groups in total. The van der Waals surface area contributed by atoms with Crippen molar-refractivity contribution in [2.24, 2.45) is 5.92 Å². The summed E-state index contributed by atoms with van der Waals surface area (Å²) in [4.78, 5) is 26.0. The molecule has 0 spiro atoms. The van der Waals surface area contributed by atoms with Crippen molar-refractivity contribution in [1.29, 1.82) is 0 Å². The van der Waals surface area contributed by atoms with Crippen LogP contribution in [0.5, 0.6) is 0 Å². The molecule has 0 aromatic carbocycles. The van der Waals surface area contributed by atoms with E-state index in [2.05, 4.69) is 27.1 Å². The average molecular weight is 360 g/mol. The van der Waals surface area contributed by atoms with E-state index < -0.39 is 0 Å². The van der Waals surface area contributed by atoms with Crippen LogP contribution in [0, 0.1) is 12.8 Å².